The highest BCUT2D eigenvalue weighted by atomic mass is 16.3. The molecule has 1 saturated heterocycles. The number of hydrogen-bond acceptors (Lipinski definition) is 3. The second kappa shape index (κ2) is 7.59. The Balaban J connectivity index is 1.54. The molecule has 2 aromatic rings. The summed E-state index contributed by atoms with van der Waals surface area (Å²) >= 11 is 0. The van der Waals surface area contributed by atoms with Crippen molar-refractivity contribution in [2.45, 2.75) is 51.5 Å². The smallest absolute Gasteiger partial charge is 0.291 e. The fraction of sp³-hybridized carbons (Fsp3) is 0.455. The van der Waals surface area contributed by atoms with Crippen LogP contribution in [0.2, 0.25) is 0 Å². The minimum Gasteiger partial charge on any atom is -0.459 e. The Kier molecular flexibility index (Phi) is 5.01. The quantitative estimate of drug-likeness (QED) is 0.861. The van der Waals surface area contributed by atoms with Gasteiger partial charge in [0, 0.05) is 23.8 Å². The first-order valence-electron chi connectivity index (χ1n) is 9.90. The summed E-state index contributed by atoms with van der Waals surface area (Å²) in [6.07, 6.45) is 8.66. The van der Waals surface area contributed by atoms with E-state index >= 15 is 0 Å². The number of aryl methyl sites for hydroxylation is 1. The number of nitrogens with one attached hydrogen (secondary N) is 1. The molecule has 2 amide bonds. The Bertz CT molecular complexity index is 826. The van der Waals surface area contributed by atoms with Crippen molar-refractivity contribution in [1.29, 1.82) is 0 Å². The van der Waals surface area contributed by atoms with Gasteiger partial charge in [0.1, 0.15) is 0 Å². The number of carbonyl (C=O) groups is 2. The van der Waals surface area contributed by atoms with Crippen LogP contribution in [0.3, 0.4) is 0 Å². The van der Waals surface area contributed by atoms with Gasteiger partial charge in [0.05, 0.1) is 6.26 Å². The molecule has 1 N–H and O–H groups in total. The van der Waals surface area contributed by atoms with E-state index in [1.54, 1.807) is 18.2 Å². The van der Waals surface area contributed by atoms with E-state index in [2.05, 4.69) is 10.2 Å². The molecule has 2 heterocycles. The van der Waals surface area contributed by atoms with Crippen LogP contribution in [-0.4, -0.2) is 29.3 Å². The Morgan fingerprint density at radius 1 is 1.11 bits per heavy atom. The zero-order chi connectivity index (χ0) is 18.8. The maximum atomic E-state index is 13.2. The summed E-state index contributed by atoms with van der Waals surface area (Å²) in [5.74, 6) is 0.686. The van der Waals surface area contributed by atoms with E-state index in [4.69, 9.17) is 4.42 Å². The summed E-state index contributed by atoms with van der Waals surface area (Å²) < 4.78 is 5.15. The monoisotopic (exact) mass is 366 g/mol. The first-order valence-corrected chi connectivity index (χ1v) is 9.90. The minimum atomic E-state index is -0.307. The van der Waals surface area contributed by atoms with Crippen molar-refractivity contribution in [2.24, 2.45) is 5.92 Å². The molecule has 2 atom stereocenters. The van der Waals surface area contributed by atoms with E-state index in [0.29, 0.717) is 23.2 Å². The van der Waals surface area contributed by atoms with Gasteiger partial charge in [0.2, 0.25) is 0 Å². The number of rotatable bonds is 3. The maximum absolute atomic E-state index is 13.2. The molecule has 27 heavy (non-hydrogen) atoms. The van der Waals surface area contributed by atoms with Crippen LogP contribution in [0.4, 0.5) is 5.69 Å². The average molecular weight is 366 g/mol. The summed E-state index contributed by atoms with van der Waals surface area (Å²) in [4.78, 5) is 27.6. The van der Waals surface area contributed by atoms with Gasteiger partial charge in [-0.2, -0.15) is 0 Å². The average Bonchev–Trinajstić information content (AvgIpc) is 3.24. The van der Waals surface area contributed by atoms with E-state index in [1.165, 1.54) is 31.9 Å². The largest absolute Gasteiger partial charge is 0.459 e. The predicted molar refractivity (Wildman–Crippen MR) is 104 cm³/mol. The molecule has 0 spiro atoms. The molecule has 4 rings (SSSR count). The van der Waals surface area contributed by atoms with Crippen molar-refractivity contribution >= 4 is 17.5 Å². The van der Waals surface area contributed by atoms with Crippen molar-refractivity contribution in [3.8, 4) is 0 Å². The number of fused-ring (bicyclic) bond motifs is 1. The number of hydrogen-bond donors (Lipinski definition) is 1. The number of piperidine rings is 1. The van der Waals surface area contributed by atoms with Crippen LogP contribution in [0.5, 0.6) is 0 Å². The van der Waals surface area contributed by atoms with Gasteiger partial charge in [0.15, 0.2) is 5.76 Å². The van der Waals surface area contributed by atoms with Crippen LogP contribution in [0.1, 0.15) is 65.0 Å². The molecule has 5 heteroatoms. The number of furan rings is 1. The molecule has 5 nitrogen and oxygen atoms in total. The summed E-state index contributed by atoms with van der Waals surface area (Å²) in [5.41, 5.74) is 2.21. The molecular weight excluding hydrogens is 340 g/mol. The van der Waals surface area contributed by atoms with Crippen LogP contribution in [-0.2, 0) is 0 Å². The number of amides is 2. The standard InChI is InChI=1S/C22H26N2O3/c1-15-10-11-17(14-18(15)23-21(25)20-9-5-13-27-20)22(26)24-12-4-7-16-6-2-3-8-19(16)24/h5,9-11,13-14,16,19H,2-4,6-8,12H2,1H3,(H,23,25)/t16-,19-/m1/s1. The lowest BCUT2D eigenvalue weighted by atomic mass is 9.78. The van der Waals surface area contributed by atoms with Gasteiger partial charge in [-0.25, -0.2) is 0 Å². The van der Waals surface area contributed by atoms with Gasteiger partial charge in [-0.15, -0.1) is 0 Å². The fourth-order valence-electron chi connectivity index (χ4n) is 4.52. The summed E-state index contributed by atoms with van der Waals surface area (Å²) in [5, 5.41) is 2.86. The number of benzene rings is 1. The Morgan fingerprint density at radius 2 is 1.93 bits per heavy atom. The van der Waals surface area contributed by atoms with Crippen molar-refractivity contribution in [1.82, 2.24) is 4.90 Å². The number of likely N-dealkylation sites (tertiary alicyclic amines) is 1. The Hall–Kier alpha value is -2.56. The highest BCUT2D eigenvalue weighted by Gasteiger charge is 2.36. The van der Waals surface area contributed by atoms with Crippen LogP contribution in [0.25, 0.3) is 0 Å². The van der Waals surface area contributed by atoms with Crippen molar-refractivity contribution in [3.63, 3.8) is 0 Å². The van der Waals surface area contributed by atoms with Crippen LogP contribution < -0.4 is 5.32 Å². The summed E-state index contributed by atoms with van der Waals surface area (Å²) in [6, 6.07) is 9.24. The number of nitrogens with zero attached hydrogens (tertiary/aromatic N) is 1. The van der Waals surface area contributed by atoms with E-state index in [-0.39, 0.29) is 17.6 Å². The van der Waals surface area contributed by atoms with Crippen molar-refractivity contribution in [3.05, 3.63) is 53.5 Å². The van der Waals surface area contributed by atoms with Gasteiger partial charge in [0.25, 0.3) is 11.8 Å². The van der Waals surface area contributed by atoms with Gasteiger partial charge in [-0.05, 0) is 68.4 Å². The highest BCUT2D eigenvalue weighted by molar-refractivity contribution is 6.04. The lowest BCUT2D eigenvalue weighted by Crippen LogP contribution is -2.49. The molecule has 0 bridgehead atoms. The van der Waals surface area contributed by atoms with E-state index < -0.39 is 0 Å². The van der Waals surface area contributed by atoms with E-state index in [0.717, 1.165) is 24.9 Å². The molecular formula is C22H26N2O3. The first-order chi connectivity index (χ1) is 13.1. The fourth-order valence-corrected chi connectivity index (χ4v) is 4.52. The van der Waals surface area contributed by atoms with E-state index in [9.17, 15) is 9.59 Å². The first kappa shape index (κ1) is 17.8. The molecule has 142 valence electrons. The van der Waals surface area contributed by atoms with Crippen molar-refractivity contribution in [2.75, 3.05) is 11.9 Å². The topological polar surface area (TPSA) is 62.6 Å². The number of carbonyl (C=O) groups excluding carboxylic acids is 2. The molecule has 1 aliphatic carbocycles. The molecule has 2 aliphatic rings. The lowest BCUT2D eigenvalue weighted by molar-refractivity contribution is 0.0390. The Labute approximate surface area is 159 Å². The molecule has 2 fully saturated rings. The lowest BCUT2D eigenvalue weighted by Gasteiger charge is -2.44. The van der Waals surface area contributed by atoms with Crippen molar-refractivity contribution < 1.29 is 14.0 Å². The van der Waals surface area contributed by atoms with Crippen LogP contribution in [0, 0.1) is 12.8 Å². The normalized spacial score (nSPS) is 22.2. The second-order valence-corrected chi connectivity index (χ2v) is 7.71. The molecule has 1 aromatic heterocycles. The zero-order valence-electron chi connectivity index (χ0n) is 15.7. The summed E-state index contributed by atoms with van der Waals surface area (Å²) in [7, 11) is 0. The number of anilines is 1. The van der Waals surface area contributed by atoms with Crippen LogP contribution >= 0.6 is 0 Å². The maximum Gasteiger partial charge on any atom is 0.291 e. The van der Waals surface area contributed by atoms with Gasteiger partial charge in [-0.3, -0.25) is 9.59 Å². The third kappa shape index (κ3) is 3.64. The molecule has 1 aromatic carbocycles. The Morgan fingerprint density at radius 3 is 2.74 bits per heavy atom. The SMILES string of the molecule is Cc1ccc(C(=O)N2CCC[C@H]3CCCC[C@H]32)cc1NC(=O)c1ccco1. The highest BCUT2D eigenvalue weighted by Crippen LogP contribution is 2.36. The summed E-state index contributed by atoms with van der Waals surface area (Å²) in [6.45, 7) is 2.76. The molecule has 0 unspecified atom stereocenters. The van der Waals surface area contributed by atoms with E-state index in [1.807, 2.05) is 19.1 Å². The second-order valence-electron chi connectivity index (χ2n) is 7.71. The molecule has 0 radical (unpaired) electrons. The molecule has 1 saturated carbocycles. The van der Waals surface area contributed by atoms with Crippen LogP contribution in [0.15, 0.2) is 41.0 Å². The predicted octanol–water partition coefficient (Wildman–Crippen LogP) is 4.64. The molecule has 1 aliphatic heterocycles. The third-order valence-corrected chi connectivity index (χ3v) is 5.98. The third-order valence-electron chi connectivity index (χ3n) is 5.98. The van der Waals surface area contributed by atoms with Gasteiger partial charge in [-0.1, -0.05) is 18.9 Å². The van der Waals surface area contributed by atoms with Gasteiger partial charge < -0.3 is 14.6 Å². The van der Waals surface area contributed by atoms with Gasteiger partial charge >= 0.3 is 0 Å². The zero-order valence-corrected chi connectivity index (χ0v) is 15.7. The minimum absolute atomic E-state index is 0.0834.